The van der Waals surface area contributed by atoms with Gasteiger partial charge in [-0.2, -0.15) is 4.94 Å². The van der Waals surface area contributed by atoms with Crippen LogP contribution in [0.4, 0.5) is 19.1 Å². The molecule has 2 atom stereocenters. The van der Waals surface area contributed by atoms with Crippen LogP contribution in [0.25, 0.3) is 21.8 Å². The molecule has 2 aromatic carbocycles. The van der Waals surface area contributed by atoms with Gasteiger partial charge in [0.05, 0.1) is 18.5 Å². The Morgan fingerprint density at radius 1 is 1.02 bits per heavy atom. The molecule has 0 saturated heterocycles. The van der Waals surface area contributed by atoms with Crippen LogP contribution in [0.1, 0.15) is 44.7 Å². The van der Waals surface area contributed by atoms with Crippen LogP contribution in [0.3, 0.4) is 0 Å². The van der Waals surface area contributed by atoms with E-state index in [2.05, 4.69) is 72.0 Å². The van der Waals surface area contributed by atoms with Crippen molar-refractivity contribution in [3.63, 3.8) is 0 Å². The third kappa shape index (κ3) is 8.87. The largest absolute Gasteiger partial charge is 0.372 e. The minimum Gasteiger partial charge on any atom is -0.372 e. The van der Waals surface area contributed by atoms with Gasteiger partial charge >= 0.3 is 0 Å². The van der Waals surface area contributed by atoms with Crippen LogP contribution in [0.5, 0.6) is 0 Å². The molecule has 4 N–H and O–H groups in total. The van der Waals surface area contributed by atoms with Gasteiger partial charge in [-0.25, -0.2) is 18.7 Å². The van der Waals surface area contributed by atoms with Gasteiger partial charge in [0.1, 0.15) is 17.8 Å². The zero-order chi connectivity index (χ0) is 30.2. The highest BCUT2D eigenvalue weighted by atomic mass is 19.3. The first kappa shape index (κ1) is 31.7. The second-order valence-corrected chi connectivity index (χ2v) is 11.4. The monoisotopic (exact) mass is 586 g/mol. The van der Waals surface area contributed by atoms with Crippen molar-refractivity contribution in [2.75, 3.05) is 38.5 Å². The van der Waals surface area contributed by atoms with E-state index in [1.807, 2.05) is 25.2 Å². The summed E-state index contributed by atoms with van der Waals surface area (Å²) >= 11 is 0. The third-order valence-electron chi connectivity index (χ3n) is 7.45. The molecule has 228 valence electrons. The molecule has 0 radical (unpaired) electrons. The number of hydrogen-bond acceptors (Lipinski definition) is 7. The van der Waals surface area contributed by atoms with Crippen molar-refractivity contribution in [3.8, 4) is 0 Å². The third-order valence-corrected chi connectivity index (χ3v) is 7.45. The van der Waals surface area contributed by atoms with Crippen molar-refractivity contribution in [1.82, 2.24) is 25.2 Å². The zero-order valence-electron chi connectivity index (χ0n) is 24.4. The van der Waals surface area contributed by atoms with E-state index in [1.165, 1.54) is 24.6 Å². The molecule has 0 spiro atoms. The Kier molecular flexibility index (Phi) is 10.8. The number of benzene rings is 2. The van der Waals surface area contributed by atoms with E-state index < -0.39 is 11.7 Å². The summed E-state index contributed by atoms with van der Waals surface area (Å²) in [5, 5.41) is 20.7. The molecular formula is C31H41F3N6O2. The van der Waals surface area contributed by atoms with Crippen molar-refractivity contribution in [2.45, 2.75) is 57.3 Å². The summed E-state index contributed by atoms with van der Waals surface area (Å²) in [6, 6.07) is 16.9. The summed E-state index contributed by atoms with van der Waals surface area (Å²) in [6.45, 7) is 2.92. The van der Waals surface area contributed by atoms with Gasteiger partial charge in [-0.15, -0.1) is 0 Å². The predicted molar refractivity (Wildman–Crippen MR) is 160 cm³/mol. The standard InChI is InChI=1S/C28H34F2N6.C3H7FO2/c1-31-26-25-11-13-36(27(25)35-19-34-26)24-9-7-21(15-24)16-33-18-28(29,30)17-32-12-10-20-6-8-22-4-2-3-5-23(22)14-20;1-3(2,5)6-4/h2-6,8,11,13-14,19,21,24,32-33H,7,9-10,12,15-18H2,1H3,(H,31,34,35);5H,1-2H3. The van der Waals surface area contributed by atoms with E-state index in [0.29, 0.717) is 25.0 Å². The molecule has 0 aliphatic heterocycles. The Labute approximate surface area is 244 Å². The van der Waals surface area contributed by atoms with Crippen LogP contribution < -0.4 is 16.0 Å². The molecule has 0 bridgehead atoms. The van der Waals surface area contributed by atoms with Crippen molar-refractivity contribution in [2.24, 2.45) is 5.92 Å². The van der Waals surface area contributed by atoms with Gasteiger partial charge in [0, 0.05) is 19.3 Å². The first-order valence-electron chi connectivity index (χ1n) is 14.4. The van der Waals surface area contributed by atoms with Crippen molar-refractivity contribution in [1.29, 1.82) is 0 Å². The highest BCUT2D eigenvalue weighted by molar-refractivity contribution is 5.87. The van der Waals surface area contributed by atoms with E-state index in [4.69, 9.17) is 5.11 Å². The minimum absolute atomic E-state index is 0.303. The summed E-state index contributed by atoms with van der Waals surface area (Å²) < 4.78 is 41.8. The highest BCUT2D eigenvalue weighted by Crippen LogP contribution is 2.36. The maximum Gasteiger partial charge on any atom is 0.272 e. The van der Waals surface area contributed by atoms with Crippen LogP contribution in [0.15, 0.2) is 61.1 Å². The highest BCUT2D eigenvalue weighted by Gasteiger charge is 2.30. The van der Waals surface area contributed by atoms with Gasteiger partial charge in [-0.3, -0.25) is 0 Å². The lowest BCUT2D eigenvalue weighted by Crippen LogP contribution is -2.43. The molecule has 2 unspecified atom stereocenters. The van der Waals surface area contributed by atoms with Crippen LogP contribution >= 0.6 is 0 Å². The normalized spacial score (nSPS) is 17.4. The number of nitrogens with one attached hydrogen (secondary N) is 3. The Morgan fingerprint density at radius 2 is 1.76 bits per heavy atom. The van der Waals surface area contributed by atoms with Gasteiger partial charge in [-0.05, 0) is 85.5 Å². The van der Waals surface area contributed by atoms with Crippen LogP contribution in [-0.2, 0) is 11.4 Å². The number of aliphatic hydroxyl groups is 1. The summed E-state index contributed by atoms with van der Waals surface area (Å²) in [4.78, 5) is 11.7. The molecular weight excluding hydrogens is 545 g/mol. The summed E-state index contributed by atoms with van der Waals surface area (Å²) in [6.07, 6.45) is 7.39. The fourth-order valence-electron chi connectivity index (χ4n) is 5.37. The predicted octanol–water partition coefficient (Wildman–Crippen LogP) is 5.64. The second kappa shape index (κ2) is 14.3. The molecule has 1 aliphatic carbocycles. The maximum absolute atomic E-state index is 14.4. The molecule has 1 saturated carbocycles. The molecule has 8 nitrogen and oxygen atoms in total. The van der Waals surface area contributed by atoms with Crippen molar-refractivity contribution < 1.29 is 23.4 Å². The van der Waals surface area contributed by atoms with Gasteiger partial charge in [0.2, 0.25) is 0 Å². The smallest absolute Gasteiger partial charge is 0.272 e. The quantitative estimate of drug-likeness (QED) is 0.126. The van der Waals surface area contributed by atoms with E-state index >= 15 is 0 Å². The Bertz CT molecular complexity index is 1420. The number of anilines is 1. The van der Waals surface area contributed by atoms with Gasteiger partial charge in [0.25, 0.3) is 5.92 Å². The molecule has 1 fully saturated rings. The number of aromatic nitrogens is 3. The number of nitrogens with zero attached hydrogens (tertiary/aromatic N) is 3. The van der Waals surface area contributed by atoms with E-state index in [0.717, 1.165) is 48.1 Å². The molecule has 5 rings (SSSR count). The lowest BCUT2D eigenvalue weighted by molar-refractivity contribution is -0.309. The lowest BCUT2D eigenvalue weighted by atomic mass is 10.1. The van der Waals surface area contributed by atoms with Crippen molar-refractivity contribution in [3.05, 3.63) is 66.6 Å². The van der Waals surface area contributed by atoms with Crippen LogP contribution in [0.2, 0.25) is 0 Å². The first-order chi connectivity index (χ1) is 20.1. The molecule has 0 amide bonds. The van der Waals surface area contributed by atoms with E-state index in [9.17, 15) is 13.3 Å². The molecule has 2 aromatic heterocycles. The zero-order valence-corrected chi connectivity index (χ0v) is 24.4. The van der Waals surface area contributed by atoms with Gasteiger partial charge in [-0.1, -0.05) is 42.5 Å². The summed E-state index contributed by atoms with van der Waals surface area (Å²) in [7, 11) is 1.85. The SMILES string of the molecule is CC(C)(O)OF.CNc1ncnc2c1ccn2C1CCC(CNCC(F)(F)CNCCc2ccc3ccccc3c2)C1. The molecule has 4 aromatic rings. The van der Waals surface area contributed by atoms with Crippen molar-refractivity contribution >= 4 is 27.6 Å². The fraction of sp³-hybridized carbons (Fsp3) is 0.484. The fourth-order valence-corrected chi connectivity index (χ4v) is 5.37. The number of hydrogen-bond donors (Lipinski definition) is 4. The maximum atomic E-state index is 14.4. The van der Waals surface area contributed by atoms with E-state index in [-0.39, 0.29) is 13.1 Å². The average Bonchev–Trinajstić information content (AvgIpc) is 3.62. The number of halogens is 3. The molecule has 42 heavy (non-hydrogen) atoms. The van der Waals surface area contributed by atoms with Crippen LogP contribution in [0, 0.1) is 5.92 Å². The van der Waals surface area contributed by atoms with Crippen LogP contribution in [-0.4, -0.2) is 64.6 Å². The Balaban J connectivity index is 0.000000612. The first-order valence-corrected chi connectivity index (χ1v) is 14.4. The van der Waals surface area contributed by atoms with E-state index in [1.54, 1.807) is 6.33 Å². The molecule has 11 heteroatoms. The Hall–Kier alpha value is -3.25. The van der Waals surface area contributed by atoms with Gasteiger partial charge in [0.15, 0.2) is 5.79 Å². The topological polar surface area (TPSA) is 96.3 Å². The number of alkyl halides is 2. The number of rotatable bonds is 12. The van der Waals surface area contributed by atoms with Gasteiger partial charge < -0.3 is 25.6 Å². The molecule has 1 aliphatic rings. The molecule has 2 heterocycles. The summed E-state index contributed by atoms with van der Waals surface area (Å²) in [5.74, 6) is -3.20. The average molecular weight is 587 g/mol. The second-order valence-electron chi connectivity index (χ2n) is 11.4. The summed E-state index contributed by atoms with van der Waals surface area (Å²) in [5.41, 5.74) is 2.08. The minimum atomic E-state index is -2.78. The Morgan fingerprint density at radius 3 is 2.50 bits per heavy atom. The lowest BCUT2D eigenvalue weighted by Gasteiger charge is -2.20. The number of fused-ring (bicyclic) bond motifs is 2.